The van der Waals surface area contributed by atoms with Crippen molar-refractivity contribution < 1.29 is 13.2 Å². The average Bonchev–Trinajstić information content (AvgIpc) is 3.02. The van der Waals surface area contributed by atoms with Crippen molar-refractivity contribution in [2.45, 2.75) is 36.4 Å². The minimum Gasteiger partial charge on any atom is -0.363 e. The molecule has 3 aromatic rings. The first kappa shape index (κ1) is 20.1. The molecule has 0 saturated heterocycles. The van der Waals surface area contributed by atoms with Gasteiger partial charge in [-0.25, -0.2) is 9.97 Å². The van der Waals surface area contributed by atoms with E-state index in [1.165, 1.54) is 4.90 Å². The Kier molecular flexibility index (Phi) is 5.87. The number of rotatable bonds is 6. The van der Waals surface area contributed by atoms with Crippen LogP contribution in [0.2, 0.25) is 0 Å². The predicted octanol–water partition coefficient (Wildman–Crippen LogP) is 3.91. The monoisotopic (exact) mass is 408 g/mol. The van der Waals surface area contributed by atoms with E-state index in [4.69, 9.17) is 0 Å². The molecule has 10 heteroatoms. The van der Waals surface area contributed by atoms with Crippen LogP contribution in [0.1, 0.15) is 24.0 Å². The average molecular weight is 408 g/mol. The maximum atomic E-state index is 13.2. The van der Waals surface area contributed by atoms with Crippen molar-refractivity contribution in [3.8, 4) is 0 Å². The fourth-order valence-electron chi connectivity index (χ4n) is 2.54. The second-order valence-corrected chi connectivity index (χ2v) is 7.13. The van der Waals surface area contributed by atoms with Crippen LogP contribution in [-0.2, 0) is 19.1 Å². The van der Waals surface area contributed by atoms with E-state index >= 15 is 0 Å². The maximum Gasteiger partial charge on any atom is 0.433 e. The normalized spacial score (nSPS) is 11.6. The highest BCUT2D eigenvalue weighted by molar-refractivity contribution is 7.99. The van der Waals surface area contributed by atoms with Crippen LogP contribution in [-0.4, -0.2) is 38.8 Å². The summed E-state index contributed by atoms with van der Waals surface area (Å²) in [6.07, 6.45) is -3.98. The van der Waals surface area contributed by atoms with E-state index in [0.717, 1.165) is 29.2 Å². The summed E-state index contributed by atoms with van der Waals surface area (Å²) in [7, 11) is 3.26. The molecule has 0 aliphatic heterocycles. The molecule has 2 heterocycles. The van der Waals surface area contributed by atoms with Gasteiger partial charge >= 0.3 is 6.18 Å². The largest absolute Gasteiger partial charge is 0.433 e. The van der Waals surface area contributed by atoms with E-state index < -0.39 is 11.9 Å². The van der Waals surface area contributed by atoms with Gasteiger partial charge in [-0.3, -0.25) is 0 Å². The van der Waals surface area contributed by atoms with Gasteiger partial charge in [-0.05, 0) is 24.2 Å². The van der Waals surface area contributed by atoms with E-state index in [9.17, 15) is 13.2 Å². The Balaban J connectivity index is 1.92. The number of alkyl halides is 3. The first-order valence-electron chi connectivity index (χ1n) is 8.55. The van der Waals surface area contributed by atoms with E-state index in [1.807, 2.05) is 41.8 Å². The van der Waals surface area contributed by atoms with Crippen LogP contribution in [0.5, 0.6) is 0 Å². The van der Waals surface area contributed by atoms with Crippen LogP contribution in [0, 0.1) is 0 Å². The number of anilines is 1. The highest BCUT2D eigenvalue weighted by atomic mass is 32.2. The molecule has 0 aliphatic rings. The van der Waals surface area contributed by atoms with Crippen molar-refractivity contribution >= 4 is 17.6 Å². The molecular weight excluding hydrogens is 389 g/mol. The van der Waals surface area contributed by atoms with Crippen LogP contribution in [0.25, 0.3) is 0 Å². The molecule has 3 rings (SSSR count). The summed E-state index contributed by atoms with van der Waals surface area (Å²) in [6.45, 7) is 2.51. The fraction of sp³-hybridized carbons (Fsp3) is 0.333. The van der Waals surface area contributed by atoms with Gasteiger partial charge in [0.25, 0.3) is 0 Å². The minimum atomic E-state index is -4.56. The van der Waals surface area contributed by atoms with Crippen molar-refractivity contribution in [1.82, 2.24) is 24.7 Å². The second kappa shape index (κ2) is 8.17. The van der Waals surface area contributed by atoms with Crippen molar-refractivity contribution in [1.29, 1.82) is 0 Å². The molecule has 148 valence electrons. The molecule has 28 heavy (non-hydrogen) atoms. The molecule has 0 fully saturated rings. The molecule has 1 aromatic carbocycles. The molecule has 0 radical (unpaired) electrons. The summed E-state index contributed by atoms with van der Waals surface area (Å²) >= 11 is 0.973. The standard InChI is InChI=1S/C18H19F3N6S/c1-4-27-15(10-12-8-6-5-7-9-12)24-25-17(27)28-16-22-13(18(19,20)21)11-14(23-16)26(2)3/h5-9,11H,4,10H2,1-3H3. The van der Waals surface area contributed by atoms with Crippen molar-refractivity contribution in [2.75, 3.05) is 19.0 Å². The van der Waals surface area contributed by atoms with Gasteiger partial charge < -0.3 is 9.47 Å². The molecule has 0 amide bonds. The Morgan fingerprint density at radius 3 is 2.39 bits per heavy atom. The summed E-state index contributed by atoms with van der Waals surface area (Å²) in [5, 5.41) is 8.79. The Morgan fingerprint density at radius 1 is 1.07 bits per heavy atom. The van der Waals surface area contributed by atoms with Gasteiger partial charge in [0.2, 0.25) is 0 Å². The van der Waals surface area contributed by atoms with Gasteiger partial charge in [-0.2, -0.15) is 13.2 Å². The van der Waals surface area contributed by atoms with Crippen LogP contribution < -0.4 is 4.90 Å². The highest BCUT2D eigenvalue weighted by Gasteiger charge is 2.34. The Hall–Kier alpha value is -2.62. The topological polar surface area (TPSA) is 59.7 Å². The maximum absolute atomic E-state index is 13.2. The van der Waals surface area contributed by atoms with Crippen molar-refractivity contribution in [3.05, 3.63) is 53.5 Å². The third-order valence-electron chi connectivity index (χ3n) is 3.94. The second-order valence-electron chi connectivity index (χ2n) is 6.19. The summed E-state index contributed by atoms with van der Waals surface area (Å²) in [5.41, 5.74) is 0.0899. The predicted molar refractivity (Wildman–Crippen MR) is 100 cm³/mol. The Labute approximate surface area is 164 Å². The van der Waals surface area contributed by atoms with E-state index in [0.29, 0.717) is 18.1 Å². The fourth-order valence-corrected chi connectivity index (χ4v) is 3.41. The number of hydrogen-bond acceptors (Lipinski definition) is 6. The van der Waals surface area contributed by atoms with E-state index in [-0.39, 0.29) is 11.0 Å². The zero-order chi connectivity index (χ0) is 20.3. The third-order valence-corrected chi connectivity index (χ3v) is 4.79. The number of nitrogens with zero attached hydrogens (tertiary/aromatic N) is 6. The smallest absolute Gasteiger partial charge is 0.363 e. The summed E-state index contributed by atoms with van der Waals surface area (Å²) in [4.78, 5) is 9.38. The summed E-state index contributed by atoms with van der Waals surface area (Å²) < 4.78 is 41.4. The van der Waals surface area contributed by atoms with Gasteiger partial charge in [0.15, 0.2) is 16.0 Å². The first-order valence-corrected chi connectivity index (χ1v) is 9.37. The van der Waals surface area contributed by atoms with E-state index in [1.54, 1.807) is 14.1 Å². The number of aromatic nitrogens is 5. The van der Waals surface area contributed by atoms with Crippen LogP contribution in [0.4, 0.5) is 19.0 Å². The van der Waals surface area contributed by atoms with Gasteiger partial charge in [0.1, 0.15) is 11.6 Å². The summed E-state index contributed by atoms with van der Waals surface area (Å²) in [6, 6.07) is 10.7. The third kappa shape index (κ3) is 4.61. The Morgan fingerprint density at radius 2 is 1.79 bits per heavy atom. The lowest BCUT2D eigenvalue weighted by Crippen LogP contribution is -2.16. The van der Waals surface area contributed by atoms with E-state index in [2.05, 4.69) is 20.2 Å². The highest BCUT2D eigenvalue weighted by Crippen LogP contribution is 2.33. The SMILES string of the molecule is CCn1c(Cc2ccccc2)nnc1Sc1nc(N(C)C)cc(C(F)(F)F)n1. The van der Waals surface area contributed by atoms with Crippen molar-refractivity contribution in [3.63, 3.8) is 0 Å². The molecule has 6 nitrogen and oxygen atoms in total. The molecule has 0 spiro atoms. The summed E-state index contributed by atoms with van der Waals surface area (Å²) in [5.74, 6) is 0.910. The lowest BCUT2D eigenvalue weighted by Gasteiger charge is -2.15. The van der Waals surface area contributed by atoms with Crippen molar-refractivity contribution in [2.24, 2.45) is 0 Å². The quantitative estimate of drug-likeness (QED) is 0.577. The van der Waals surface area contributed by atoms with Gasteiger partial charge in [0.05, 0.1) is 0 Å². The lowest BCUT2D eigenvalue weighted by atomic mass is 10.1. The number of benzene rings is 1. The minimum absolute atomic E-state index is 0.0214. The Bertz CT molecular complexity index is 940. The first-order chi connectivity index (χ1) is 13.3. The molecule has 0 atom stereocenters. The van der Waals surface area contributed by atoms with Gasteiger partial charge in [-0.1, -0.05) is 30.3 Å². The number of halogens is 3. The molecule has 0 saturated carbocycles. The molecule has 0 N–H and O–H groups in total. The van der Waals surface area contributed by atoms with Crippen LogP contribution in [0.15, 0.2) is 46.7 Å². The lowest BCUT2D eigenvalue weighted by molar-refractivity contribution is -0.141. The zero-order valence-electron chi connectivity index (χ0n) is 15.6. The molecule has 0 bridgehead atoms. The van der Waals surface area contributed by atoms with Gasteiger partial charge in [-0.15, -0.1) is 10.2 Å². The molecule has 0 aliphatic carbocycles. The zero-order valence-corrected chi connectivity index (χ0v) is 16.4. The van der Waals surface area contributed by atoms with Gasteiger partial charge in [0, 0.05) is 33.1 Å². The number of hydrogen-bond donors (Lipinski definition) is 0. The van der Waals surface area contributed by atoms with Crippen LogP contribution >= 0.6 is 11.8 Å². The molecule has 2 aromatic heterocycles. The molecule has 0 unspecified atom stereocenters. The molecular formula is C18H19F3N6S. The van der Waals surface area contributed by atoms with Crippen LogP contribution in [0.3, 0.4) is 0 Å².